The smallest absolute Gasteiger partial charge is 0.269 e. The van der Waals surface area contributed by atoms with Crippen LogP contribution in [0.25, 0.3) is 0 Å². The van der Waals surface area contributed by atoms with Crippen molar-refractivity contribution in [2.75, 3.05) is 0 Å². The number of oxime groups is 1. The summed E-state index contributed by atoms with van der Waals surface area (Å²) in [5.74, 6) is -0.178. The van der Waals surface area contributed by atoms with Gasteiger partial charge in [0.25, 0.3) is 5.91 Å². The van der Waals surface area contributed by atoms with Crippen LogP contribution >= 0.6 is 0 Å². The van der Waals surface area contributed by atoms with E-state index in [1.165, 1.54) is 0 Å². The Bertz CT molecular complexity index is 752. The molecule has 2 aromatic rings. The van der Waals surface area contributed by atoms with E-state index in [0.717, 1.165) is 17.0 Å². The van der Waals surface area contributed by atoms with Gasteiger partial charge in [0.1, 0.15) is 5.71 Å². The molecule has 0 spiro atoms. The van der Waals surface area contributed by atoms with Gasteiger partial charge in [-0.15, -0.1) is 0 Å². The van der Waals surface area contributed by atoms with Gasteiger partial charge in [0.05, 0.1) is 12.2 Å². The number of nitrogens with zero attached hydrogens (tertiary/aromatic N) is 3. The third kappa shape index (κ3) is 3.64. The number of carbonyl (C=O) groups excluding carboxylic acids is 1. The first kappa shape index (κ1) is 16.2. The van der Waals surface area contributed by atoms with Crippen molar-refractivity contribution in [3.05, 3.63) is 53.3 Å². The minimum absolute atomic E-state index is 0.0472. The molecule has 126 valence electrons. The summed E-state index contributed by atoms with van der Waals surface area (Å²) in [6, 6.07) is 11.8. The second-order valence-electron chi connectivity index (χ2n) is 6.23. The highest BCUT2D eigenvalue weighted by molar-refractivity contribution is 6.39. The molecule has 1 amide bonds. The molecule has 0 saturated carbocycles. The largest absolute Gasteiger partial charge is 0.387 e. The molecular formula is C18H22N4O2. The van der Waals surface area contributed by atoms with Crippen LogP contribution in [0.4, 0.5) is 0 Å². The number of hydrogen-bond donors (Lipinski definition) is 1. The second kappa shape index (κ2) is 6.86. The summed E-state index contributed by atoms with van der Waals surface area (Å²) < 4.78 is 1.90. The maximum absolute atomic E-state index is 12.4. The van der Waals surface area contributed by atoms with Gasteiger partial charge in [-0.05, 0) is 32.4 Å². The van der Waals surface area contributed by atoms with Gasteiger partial charge in [-0.25, -0.2) is 0 Å². The lowest BCUT2D eigenvalue weighted by atomic mass is 10.0. The van der Waals surface area contributed by atoms with E-state index < -0.39 is 0 Å². The van der Waals surface area contributed by atoms with Crippen LogP contribution in [0.15, 0.2) is 41.6 Å². The SMILES string of the molecule is Cc1cc(C)n(C[C@@H](C)NC(=O)C2=NO[C@@H](c3ccccc3)C2)n1. The first-order chi connectivity index (χ1) is 11.5. The Balaban J connectivity index is 1.55. The third-order valence-electron chi connectivity index (χ3n) is 4.03. The molecule has 2 atom stereocenters. The van der Waals surface area contributed by atoms with Gasteiger partial charge >= 0.3 is 0 Å². The number of aryl methyl sites for hydroxylation is 2. The fourth-order valence-corrected chi connectivity index (χ4v) is 2.83. The molecule has 3 rings (SSSR count). The zero-order valence-electron chi connectivity index (χ0n) is 14.2. The van der Waals surface area contributed by atoms with Crippen molar-refractivity contribution >= 4 is 11.6 Å². The van der Waals surface area contributed by atoms with Gasteiger partial charge in [-0.2, -0.15) is 5.10 Å². The number of amides is 1. The summed E-state index contributed by atoms with van der Waals surface area (Å²) >= 11 is 0. The number of benzene rings is 1. The van der Waals surface area contributed by atoms with Crippen molar-refractivity contribution in [3.63, 3.8) is 0 Å². The molecule has 1 aromatic heterocycles. The first-order valence-corrected chi connectivity index (χ1v) is 8.12. The zero-order valence-corrected chi connectivity index (χ0v) is 14.2. The van der Waals surface area contributed by atoms with Crippen LogP contribution in [0.2, 0.25) is 0 Å². The van der Waals surface area contributed by atoms with Gasteiger partial charge in [-0.3, -0.25) is 9.48 Å². The van der Waals surface area contributed by atoms with Gasteiger partial charge in [0.15, 0.2) is 6.10 Å². The summed E-state index contributed by atoms with van der Waals surface area (Å²) in [5, 5.41) is 11.3. The highest BCUT2D eigenvalue weighted by Crippen LogP contribution is 2.26. The van der Waals surface area contributed by atoms with E-state index in [4.69, 9.17) is 4.84 Å². The van der Waals surface area contributed by atoms with Crippen LogP contribution in [0.5, 0.6) is 0 Å². The molecule has 0 radical (unpaired) electrons. The lowest BCUT2D eigenvalue weighted by Crippen LogP contribution is -2.39. The molecule has 0 unspecified atom stereocenters. The van der Waals surface area contributed by atoms with E-state index in [9.17, 15) is 4.79 Å². The number of aromatic nitrogens is 2. The Hall–Kier alpha value is -2.63. The minimum atomic E-state index is -0.182. The highest BCUT2D eigenvalue weighted by Gasteiger charge is 2.27. The van der Waals surface area contributed by atoms with E-state index in [2.05, 4.69) is 15.6 Å². The number of nitrogens with one attached hydrogen (secondary N) is 1. The summed E-state index contributed by atoms with van der Waals surface area (Å²) in [6.45, 7) is 6.55. The van der Waals surface area contributed by atoms with E-state index >= 15 is 0 Å². The lowest BCUT2D eigenvalue weighted by molar-refractivity contribution is -0.115. The van der Waals surface area contributed by atoms with Crippen molar-refractivity contribution in [2.45, 2.75) is 45.9 Å². The molecule has 1 aliphatic heterocycles. The molecule has 1 aromatic carbocycles. The summed E-state index contributed by atoms with van der Waals surface area (Å²) in [6.07, 6.45) is 0.306. The molecule has 0 fully saturated rings. The maximum Gasteiger partial charge on any atom is 0.269 e. The molecule has 6 heteroatoms. The Morgan fingerprint density at radius 2 is 2.12 bits per heavy atom. The fourth-order valence-electron chi connectivity index (χ4n) is 2.83. The van der Waals surface area contributed by atoms with Gasteiger partial charge in [-0.1, -0.05) is 35.5 Å². The van der Waals surface area contributed by atoms with Crippen LogP contribution in [0.1, 0.15) is 36.4 Å². The normalized spacial score (nSPS) is 18.0. The van der Waals surface area contributed by atoms with Crippen LogP contribution in [-0.2, 0) is 16.2 Å². The Morgan fingerprint density at radius 3 is 2.79 bits per heavy atom. The quantitative estimate of drug-likeness (QED) is 0.918. The topological polar surface area (TPSA) is 68.5 Å². The maximum atomic E-state index is 12.4. The molecule has 2 heterocycles. The van der Waals surface area contributed by atoms with Crippen LogP contribution < -0.4 is 5.32 Å². The highest BCUT2D eigenvalue weighted by atomic mass is 16.6. The van der Waals surface area contributed by atoms with Gasteiger partial charge in [0.2, 0.25) is 0 Å². The van der Waals surface area contributed by atoms with Crippen LogP contribution in [-0.4, -0.2) is 27.4 Å². The molecular weight excluding hydrogens is 304 g/mol. The summed E-state index contributed by atoms with van der Waals surface area (Å²) in [5.41, 5.74) is 3.52. The van der Waals surface area contributed by atoms with Gasteiger partial charge in [0, 0.05) is 18.2 Å². The van der Waals surface area contributed by atoms with Gasteiger partial charge < -0.3 is 10.2 Å². The molecule has 0 aliphatic carbocycles. The van der Waals surface area contributed by atoms with E-state index in [0.29, 0.717) is 18.7 Å². The minimum Gasteiger partial charge on any atom is -0.387 e. The summed E-state index contributed by atoms with van der Waals surface area (Å²) in [7, 11) is 0. The second-order valence-corrected chi connectivity index (χ2v) is 6.23. The number of rotatable bonds is 5. The fraction of sp³-hybridized carbons (Fsp3) is 0.389. The van der Waals surface area contributed by atoms with E-state index in [-0.39, 0.29) is 18.1 Å². The Kier molecular flexibility index (Phi) is 4.64. The van der Waals surface area contributed by atoms with Crippen molar-refractivity contribution < 1.29 is 9.63 Å². The molecule has 6 nitrogen and oxygen atoms in total. The standard InChI is InChI=1S/C18H22N4O2/c1-12-9-14(3)22(20-12)11-13(2)19-18(23)16-10-17(24-21-16)15-7-5-4-6-8-15/h4-9,13,17H,10-11H2,1-3H3,(H,19,23)/t13-,17-/m1/s1. The van der Waals surface area contributed by atoms with Crippen molar-refractivity contribution in [1.29, 1.82) is 0 Å². The Labute approximate surface area is 141 Å². The molecule has 1 aliphatic rings. The third-order valence-corrected chi connectivity index (χ3v) is 4.03. The van der Waals surface area contributed by atoms with E-state index in [1.54, 1.807) is 0 Å². The van der Waals surface area contributed by atoms with Crippen molar-refractivity contribution in [3.8, 4) is 0 Å². The Morgan fingerprint density at radius 1 is 1.38 bits per heavy atom. The molecule has 24 heavy (non-hydrogen) atoms. The predicted octanol–water partition coefficient (Wildman–Crippen LogP) is 2.52. The molecule has 0 saturated heterocycles. The number of carbonyl (C=O) groups is 1. The van der Waals surface area contributed by atoms with Crippen molar-refractivity contribution in [2.24, 2.45) is 5.16 Å². The number of hydrogen-bond acceptors (Lipinski definition) is 4. The predicted molar refractivity (Wildman–Crippen MR) is 91.6 cm³/mol. The summed E-state index contributed by atoms with van der Waals surface area (Å²) in [4.78, 5) is 17.8. The first-order valence-electron chi connectivity index (χ1n) is 8.12. The monoisotopic (exact) mass is 326 g/mol. The average molecular weight is 326 g/mol. The lowest BCUT2D eigenvalue weighted by Gasteiger charge is -2.14. The zero-order chi connectivity index (χ0) is 17.1. The molecule has 0 bridgehead atoms. The van der Waals surface area contributed by atoms with Crippen LogP contribution in [0, 0.1) is 13.8 Å². The van der Waals surface area contributed by atoms with Crippen molar-refractivity contribution in [1.82, 2.24) is 15.1 Å². The molecule has 1 N–H and O–H groups in total. The average Bonchev–Trinajstić information content (AvgIpc) is 3.15. The van der Waals surface area contributed by atoms with E-state index in [1.807, 2.05) is 61.9 Å². The van der Waals surface area contributed by atoms with Crippen LogP contribution in [0.3, 0.4) is 0 Å².